The molecule has 0 bridgehead atoms. The molecule has 1 aromatic heterocycles. The van der Waals surface area contributed by atoms with Gasteiger partial charge in [0.1, 0.15) is 11.6 Å². The van der Waals surface area contributed by atoms with Gasteiger partial charge in [-0.15, -0.1) is 0 Å². The first-order valence-corrected chi connectivity index (χ1v) is 8.11. The van der Waals surface area contributed by atoms with Crippen molar-refractivity contribution in [2.24, 2.45) is 5.92 Å². The molecule has 0 unspecified atom stereocenters. The van der Waals surface area contributed by atoms with Crippen molar-refractivity contribution in [2.75, 3.05) is 12.4 Å². The summed E-state index contributed by atoms with van der Waals surface area (Å²) < 4.78 is 1.04. The van der Waals surface area contributed by atoms with Crippen molar-refractivity contribution in [3.8, 4) is 17.1 Å². The maximum Gasteiger partial charge on any atom is 0.161 e. The predicted octanol–water partition coefficient (Wildman–Crippen LogP) is 4.35. The average molecular weight is 418 g/mol. The Kier molecular flexibility index (Phi) is 5.27. The molecule has 1 heterocycles. The van der Waals surface area contributed by atoms with Gasteiger partial charge in [0.2, 0.25) is 0 Å². The third-order valence-electron chi connectivity index (χ3n) is 2.96. The maximum absolute atomic E-state index is 9.52. The van der Waals surface area contributed by atoms with Crippen LogP contribution in [0.1, 0.15) is 19.5 Å². The molecule has 21 heavy (non-hydrogen) atoms. The molecule has 2 rings (SSSR count). The van der Waals surface area contributed by atoms with Crippen LogP contribution in [0.5, 0.6) is 5.75 Å². The largest absolute Gasteiger partial charge is 0.506 e. The van der Waals surface area contributed by atoms with Gasteiger partial charge in [-0.1, -0.05) is 25.4 Å². The number of phenolic OH excluding ortho intramolecular Hbond substituents is 1. The van der Waals surface area contributed by atoms with Gasteiger partial charge in [-0.3, -0.25) is 0 Å². The minimum absolute atomic E-state index is 0.0576. The van der Waals surface area contributed by atoms with E-state index in [1.807, 2.05) is 7.05 Å². The molecule has 0 radical (unpaired) electrons. The highest BCUT2D eigenvalue weighted by Crippen LogP contribution is 2.30. The van der Waals surface area contributed by atoms with Crippen molar-refractivity contribution >= 4 is 40.0 Å². The van der Waals surface area contributed by atoms with Gasteiger partial charge in [-0.2, -0.15) is 0 Å². The van der Waals surface area contributed by atoms with Crippen LogP contribution in [0.3, 0.4) is 0 Å². The summed E-state index contributed by atoms with van der Waals surface area (Å²) in [5, 5.41) is 12.9. The first-order valence-electron chi connectivity index (χ1n) is 6.65. The number of halogens is 2. The Morgan fingerprint density at radius 3 is 2.62 bits per heavy atom. The van der Waals surface area contributed by atoms with Crippen molar-refractivity contribution in [3.05, 3.63) is 32.5 Å². The van der Waals surface area contributed by atoms with E-state index in [2.05, 4.69) is 51.7 Å². The molecule has 4 nitrogen and oxygen atoms in total. The molecule has 0 saturated heterocycles. The first-order chi connectivity index (χ1) is 9.92. The number of nitrogens with zero attached hydrogens (tertiary/aromatic N) is 2. The van der Waals surface area contributed by atoms with E-state index < -0.39 is 0 Å². The van der Waals surface area contributed by atoms with E-state index in [-0.39, 0.29) is 5.75 Å². The molecule has 2 aromatic rings. The minimum Gasteiger partial charge on any atom is -0.506 e. The number of benzene rings is 1. The number of aromatic nitrogens is 2. The minimum atomic E-state index is 0.0576. The van der Waals surface area contributed by atoms with Crippen LogP contribution >= 0.6 is 34.2 Å². The predicted molar refractivity (Wildman–Crippen MR) is 94.9 cm³/mol. The Balaban J connectivity index is 2.54. The molecule has 0 aliphatic rings. The fraction of sp³-hybridized carbons (Fsp3) is 0.333. The normalized spacial score (nSPS) is 11.0. The van der Waals surface area contributed by atoms with Crippen molar-refractivity contribution in [3.63, 3.8) is 0 Å². The van der Waals surface area contributed by atoms with Crippen LogP contribution in [-0.4, -0.2) is 22.1 Å². The smallest absolute Gasteiger partial charge is 0.161 e. The van der Waals surface area contributed by atoms with Gasteiger partial charge in [-0.25, -0.2) is 9.97 Å². The van der Waals surface area contributed by atoms with Crippen LogP contribution in [0.2, 0.25) is 5.02 Å². The number of nitrogens with one attached hydrogen (secondary N) is 1. The number of anilines is 1. The van der Waals surface area contributed by atoms with Gasteiger partial charge in [0, 0.05) is 12.6 Å². The van der Waals surface area contributed by atoms with E-state index in [0.29, 0.717) is 16.8 Å². The summed E-state index contributed by atoms with van der Waals surface area (Å²) in [5.41, 5.74) is 1.81. The van der Waals surface area contributed by atoms with Crippen molar-refractivity contribution in [1.82, 2.24) is 9.97 Å². The highest BCUT2D eigenvalue weighted by Gasteiger charge is 2.14. The zero-order chi connectivity index (χ0) is 15.6. The van der Waals surface area contributed by atoms with Crippen LogP contribution in [0.15, 0.2) is 18.2 Å². The van der Waals surface area contributed by atoms with Gasteiger partial charge >= 0.3 is 0 Å². The molecule has 0 saturated carbocycles. The fourth-order valence-corrected chi connectivity index (χ4v) is 2.87. The van der Waals surface area contributed by atoms with Crippen LogP contribution in [0.4, 0.5) is 5.82 Å². The van der Waals surface area contributed by atoms with Crippen molar-refractivity contribution < 1.29 is 5.11 Å². The van der Waals surface area contributed by atoms with Gasteiger partial charge in [0.05, 0.1) is 14.3 Å². The van der Waals surface area contributed by atoms with Crippen LogP contribution in [-0.2, 0) is 6.42 Å². The zero-order valence-corrected chi connectivity index (χ0v) is 15.0. The van der Waals surface area contributed by atoms with E-state index in [1.54, 1.807) is 18.2 Å². The summed E-state index contributed by atoms with van der Waals surface area (Å²) >= 11 is 8.24. The van der Waals surface area contributed by atoms with E-state index in [4.69, 9.17) is 11.6 Å². The van der Waals surface area contributed by atoms with Gasteiger partial charge < -0.3 is 10.4 Å². The molecule has 0 aliphatic heterocycles. The molecule has 6 heteroatoms. The monoisotopic (exact) mass is 417 g/mol. The molecular formula is C15H17ClIN3O. The average Bonchev–Trinajstić information content (AvgIpc) is 2.43. The Hall–Kier alpha value is -1.08. The summed E-state index contributed by atoms with van der Waals surface area (Å²) in [5.74, 6) is 1.98. The molecule has 0 atom stereocenters. The molecule has 0 amide bonds. The van der Waals surface area contributed by atoms with E-state index in [1.165, 1.54) is 0 Å². The van der Waals surface area contributed by atoms with Gasteiger partial charge in [0.15, 0.2) is 5.82 Å². The summed E-state index contributed by atoms with van der Waals surface area (Å²) in [7, 11) is 1.84. The lowest BCUT2D eigenvalue weighted by atomic mass is 10.1. The third-order valence-corrected chi connectivity index (χ3v) is 4.40. The topological polar surface area (TPSA) is 58.0 Å². The van der Waals surface area contributed by atoms with Gasteiger partial charge in [-0.05, 0) is 53.1 Å². The third kappa shape index (κ3) is 3.77. The fourth-order valence-electron chi connectivity index (χ4n) is 1.96. The standard InChI is InChI=1S/C15H17ClIN3O/c1-8(2)6-11-13(17)15(18-3)20-14(19-11)9-4-5-12(21)10(16)7-9/h4-5,7-8,21H,6H2,1-3H3,(H,18,19,20). The highest BCUT2D eigenvalue weighted by atomic mass is 127. The molecule has 1 aromatic carbocycles. The van der Waals surface area contributed by atoms with Crippen LogP contribution in [0, 0.1) is 9.49 Å². The second-order valence-electron chi connectivity index (χ2n) is 5.17. The summed E-state index contributed by atoms with van der Waals surface area (Å²) in [6.07, 6.45) is 0.883. The Morgan fingerprint density at radius 1 is 1.33 bits per heavy atom. The van der Waals surface area contributed by atoms with Crippen LogP contribution in [0.25, 0.3) is 11.4 Å². The Bertz CT molecular complexity index is 662. The molecule has 0 fully saturated rings. The number of aromatic hydroxyl groups is 1. The second-order valence-corrected chi connectivity index (χ2v) is 6.66. The molecule has 2 N–H and O–H groups in total. The highest BCUT2D eigenvalue weighted by molar-refractivity contribution is 14.1. The Labute approximate surface area is 143 Å². The lowest BCUT2D eigenvalue weighted by Crippen LogP contribution is -2.07. The number of rotatable bonds is 4. The second kappa shape index (κ2) is 6.79. The Morgan fingerprint density at radius 2 is 2.05 bits per heavy atom. The quantitative estimate of drug-likeness (QED) is 0.726. The summed E-state index contributed by atoms with van der Waals surface area (Å²) in [4.78, 5) is 9.19. The SMILES string of the molecule is CNc1nc(-c2ccc(O)c(Cl)c2)nc(CC(C)C)c1I. The number of phenols is 1. The van der Waals surface area contributed by atoms with Crippen molar-refractivity contribution in [2.45, 2.75) is 20.3 Å². The molecule has 0 spiro atoms. The molecule has 0 aliphatic carbocycles. The summed E-state index contributed by atoms with van der Waals surface area (Å²) in [6.45, 7) is 4.32. The summed E-state index contributed by atoms with van der Waals surface area (Å²) in [6, 6.07) is 5.00. The van der Waals surface area contributed by atoms with E-state index >= 15 is 0 Å². The lowest BCUT2D eigenvalue weighted by Gasteiger charge is -2.13. The maximum atomic E-state index is 9.52. The van der Waals surface area contributed by atoms with Gasteiger partial charge in [0.25, 0.3) is 0 Å². The van der Waals surface area contributed by atoms with E-state index in [9.17, 15) is 5.11 Å². The van der Waals surface area contributed by atoms with E-state index in [0.717, 1.165) is 27.1 Å². The zero-order valence-electron chi connectivity index (χ0n) is 12.1. The lowest BCUT2D eigenvalue weighted by molar-refractivity contribution is 0.475. The molecule has 112 valence electrons. The first kappa shape index (κ1) is 16.3. The number of hydrogen-bond donors (Lipinski definition) is 2. The molecular weight excluding hydrogens is 401 g/mol. The number of hydrogen-bond acceptors (Lipinski definition) is 4. The van der Waals surface area contributed by atoms with Crippen molar-refractivity contribution in [1.29, 1.82) is 0 Å². The van der Waals surface area contributed by atoms with Crippen LogP contribution < -0.4 is 5.32 Å².